The number of allylic oxidation sites excluding steroid dienone is 16. The van der Waals surface area contributed by atoms with Crippen molar-refractivity contribution in [1.82, 2.24) is 0 Å². The van der Waals surface area contributed by atoms with Crippen molar-refractivity contribution in [3.8, 4) is 0 Å². The molecule has 6 heteroatoms. The average Bonchev–Trinajstić information content (AvgIpc) is 3.50. The molecule has 0 spiro atoms. The van der Waals surface area contributed by atoms with Crippen molar-refractivity contribution in [1.29, 1.82) is 0 Å². The summed E-state index contributed by atoms with van der Waals surface area (Å²) in [6, 6.07) is 0. The zero-order valence-electron chi connectivity index (χ0n) is 54.9. The molecular formula is C77H134O6. The number of esters is 3. The summed E-state index contributed by atoms with van der Waals surface area (Å²) in [5.41, 5.74) is 0. The highest BCUT2D eigenvalue weighted by Crippen LogP contribution is 2.18. The highest BCUT2D eigenvalue weighted by atomic mass is 16.6. The Balaban J connectivity index is 4.36. The number of hydrogen-bond acceptors (Lipinski definition) is 6. The van der Waals surface area contributed by atoms with Gasteiger partial charge in [0.1, 0.15) is 13.2 Å². The van der Waals surface area contributed by atoms with Gasteiger partial charge in [0, 0.05) is 19.3 Å². The van der Waals surface area contributed by atoms with Crippen LogP contribution >= 0.6 is 0 Å². The minimum atomic E-state index is -0.790. The molecule has 0 bridgehead atoms. The molecule has 83 heavy (non-hydrogen) atoms. The molecule has 0 aliphatic carbocycles. The highest BCUT2D eigenvalue weighted by molar-refractivity contribution is 5.71. The number of carbonyl (C=O) groups is 3. The smallest absolute Gasteiger partial charge is 0.306 e. The van der Waals surface area contributed by atoms with Crippen LogP contribution in [0.3, 0.4) is 0 Å². The first-order valence-electron chi connectivity index (χ1n) is 35.7. The van der Waals surface area contributed by atoms with Gasteiger partial charge in [0.2, 0.25) is 0 Å². The van der Waals surface area contributed by atoms with Gasteiger partial charge in [-0.3, -0.25) is 14.4 Å². The van der Waals surface area contributed by atoms with Gasteiger partial charge in [-0.1, -0.05) is 336 Å². The molecule has 6 nitrogen and oxygen atoms in total. The summed E-state index contributed by atoms with van der Waals surface area (Å²) in [5.74, 6) is -0.887. The third-order valence-corrected chi connectivity index (χ3v) is 15.6. The molecule has 0 aromatic heterocycles. The lowest BCUT2D eigenvalue weighted by atomic mass is 10.0. The van der Waals surface area contributed by atoms with Crippen molar-refractivity contribution < 1.29 is 28.6 Å². The Hall–Kier alpha value is -3.67. The summed E-state index contributed by atoms with van der Waals surface area (Å²) in [5, 5.41) is 0. The van der Waals surface area contributed by atoms with Gasteiger partial charge in [-0.25, -0.2) is 0 Å². The number of rotatable bonds is 65. The normalized spacial score (nSPS) is 12.7. The van der Waals surface area contributed by atoms with E-state index in [1.54, 1.807) is 0 Å². The minimum absolute atomic E-state index is 0.0828. The van der Waals surface area contributed by atoms with Gasteiger partial charge in [0.15, 0.2) is 6.10 Å². The van der Waals surface area contributed by atoms with Gasteiger partial charge in [-0.15, -0.1) is 0 Å². The van der Waals surface area contributed by atoms with Crippen molar-refractivity contribution in [3.05, 3.63) is 97.2 Å². The highest BCUT2D eigenvalue weighted by Gasteiger charge is 2.19. The lowest BCUT2D eigenvalue weighted by Crippen LogP contribution is -2.30. The van der Waals surface area contributed by atoms with E-state index in [-0.39, 0.29) is 31.1 Å². The standard InChI is InChI=1S/C77H134O6/c1-4-7-10-13-16-19-22-25-28-31-34-36-37-38-39-41-43-46-49-52-55-58-61-64-67-70-76(79)82-73-74(72-81-75(78)69-66-63-60-57-54-51-48-45-42-33-30-27-24-21-18-15-12-9-6-3)83-77(80)71-68-65-62-59-56-53-50-47-44-40-35-32-29-26-23-20-17-14-11-8-5-2/h8-9,11-12,17-18,20-21,26-27,29-30,35,40,42,45,74H,4-7,10,13-16,19,22-25,28,31-34,36-39,41,43-44,46-73H2,1-3H3/b11-8-,12-9-,20-17-,21-18-,29-26-,30-27-,40-35-,45-42-. The fourth-order valence-corrected chi connectivity index (χ4v) is 10.3. The second-order valence-electron chi connectivity index (χ2n) is 23.7. The molecule has 1 atom stereocenters. The molecule has 0 rings (SSSR count). The molecule has 0 heterocycles. The molecule has 0 amide bonds. The van der Waals surface area contributed by atoms with Crippen molar-refractivity contribution in [3.63, 3.8) is 0 Å². The number of hydrogen-bond donors (Lipinski definition) is 0. The molecule has 0 aliphatic heterocycles. The van der Waals surface area contributed by atoms with E-state index in [2.05, 4.69) is 118 Å². The molecule has 0 aliphatic rings. The summed E-state index contributed by atoms with van der Waals surface area (Å²) in [6.07, 6.45) is 95.8. The van der Waals surface area contributed by atoms with E-state index in [1.165, 1.54) is 193 Å². The van der Waals surface area contributed by atoms with Crippen LogP contribution in [-0.4, -0.2) is 37.2 Å². The van der Waals surface area contributed by atoms with Crippen LogP contribution in [0.1, 0.15) is 355 Å². The third kappa shape index (κ3) is 69.0. The molecule has 0 N–H and O–H groups in total. The Labute approximate surface area is 515 Å². The van der Waals surface area contributed by atoms with Crippen LogP contribution in [0.4, 0.5) is 0 Å². The second-order valence-corrected chi connectivity index (χ2v) is 23.7. The quantitative estimate of drug-likeness (QED) is 0.0261. The Bertz CT molecular complexity index is 1610. The van der Waals surface area contributed by atoms with E-state index in [9.17, 15) is 14.4 Å². The predicted octanol–water partition coefficient (Wildman–Crippen LogP) is 24.8. The van der Waals surface area contributed by atoms with Gasteiger partial charge < -0.3 is 14.2 Å². The Morgan fingerprint density at radius 2 is 0.470 bits per heavy atom. The SMILES string of the molecule is CC/C=C\C/C=C\C/C=C\C/C=C\CCCCCCCCCCC(=O)OC(COC(=O)CCCCCCCC/C=C\C/C=C\C/C=C\C/C=C\CC)COC(=O)CCCCCCCCCCCCCCCCCCCCCCCCCCC. The number of unbranched alkanes of at least 4 members (excludes halogenated alkanes) is 38. The largest absolute Gasteiger partial charge is 0.462 e. The minimum Gasteiger partial charge on any atom is -0.462 e. The fraction of sp³-hybridized carbons (Fsp3) is 0.753. The zero-order valence-corrected chi connectivity index (χ0v) is 54.9. The summed E-state index contributed by atoms with van der Waals surface area (Å²) in [6.45, 7) is 6.45. The molecule has 0 aromatic rings. The summed E-state index contributed by atoms with van der Waals surface area (Å²) < 4.78 is 17.0. The van der Waals surface area contributed by atoms with Crippen LogP contribution in [0.15, 0.2) is 97.2 Å². The molecule has 1 unspecified atom stereocenters. The second kappa shape index (κ2) is 70.8. The first-order valence-corrected chi connectivity index (χ1v) is 35.7. The maximum absolute atomic E-state index is 13.0. The van der Waals surface area contributed by atoms with Crippen LogP contribution < -0.4 is 0 Å². The first-order chi connectivity index (χ1) is 41.0. The molecule has 0 radical (unpaired) electrons. The topological polar surface area (TPSA) is 78.9 Å². The summed E-state index contributed by atoms with van der Waals surface area (Å²) >= 11 is 0. The van der Waals surface area contributed by atoms with Crippen molar-refractivity contribution in [2.75, 3.05) is 13.2 Å². The van der Waals surface area contributed by atoms with E-state index >= 15 is 0 Å². The van der Waals surface area contributed by atoms with Gasteiger partial charge in [0.05, 0.1) is 0 Å². The molecule has 0 fully saturated rings. The van der Waals surface area contributed by atoms with E-state index in [0.717, 1.165) is 122 Å². The van der Waals surface area contributed by atoms with Crippen molar-refractivity contribution in [2.24, 2.45) is 0 Å². The first kappa shape index (κ1) is 79.3. The van der Waals surface area contributed by atoms with Gasteiger partial charge in [-0.2, -0.15) is 0 Å². The molecular weight excluding hydrogens is 1020 g/mol. The fourth-order valence-electron chi connectivity index (χ4n) is 10.3. The van der Waals surface area contributed by atoms with Gasteiger partial charge in [-0.05, 0) is 96.3 Å². The van der Waals surface area contributed by atoms with Crippen molar-refractivity contribution >= 4 is 17.9 Å². The third-order valence-electron chi connectivity index (χ3n) is 15.6. The van der Waals surface area contributed by atoms with E-state index in [0.29, 0.717) is 19.3 Å². The zero-order chi connectivity index (χ0) is 59.9. The molecule has 478 valence electrons. The van der Waals surface area contributed by atoms with Crippen LogP contribution in [0, 0.1) is 0 Å². The number of ether oxygens (including phenoxy) is 3. The van der Waals surface area contributed by atoms with Crippen LogP contribution in [0.25, 0.3) is 0 Å². The Morgan fingerprint density at radius 1 is 0.253 bits per heavy atom. The number of carbonyl (C=O) groups excluding carboxylic acids is 3. The van der Waals surface area contributed by atoms with Gasteiger partial charge in [0.25, 0.3) is 0 Å². The van der Waals surface area contributed by atoms with Crippen LogP contribution in [-0.2, 0) is 28.6 Å². The molecule has 0 aromatic carbocycles. The summed E-state index contributed by atoms with van der Waals surface area (Å²) in [4.78, 5) is 38.5. The average molecular weight is 1160 g/mol. The van der Waals surface area contributed by atoms with Crippen LogP contribution in [0.2, 0.25) is 0 Å². The Kier molecular flexibility index (Phi) is 67.7. The maximum Gasteiger partial charge on any atom is 0.306 e. The van der Waals surface area contributed by atoms with E-state index in [4.69, 9.17) is 14.2 Å². The monoisotopic (exact) mass is 1160 g/mol. The molecule has 0 saturated heterocycles. The van der Waals surface area contributed by atoms with E-state index < -0.39 is 6.10 Å². The predicted molar refractivity (Wildman–Crippen MR) is 362 cm³/mol. The lowest BCUT2D eigenvalue weighted by molar-refractivity contribution is -0.167. The van der Waals surface area contributed by atoms with Gasteiger partial charge >= 0.3 is 17.9 Å². The lowest BCUT2D eigenvalue weighted by Gasteiger charge is -2.18. The maximum atomic E-state index is 13.0. The van der Waals surface area contributed by atoms with E-state index in [1.807, 2.05) is 0 Å². The summed E-state index contributed by atoms with van der Waals surface area (Å²) in [7, 11) is 0. The van der Waals surface area contributed by atoms with Crippen molar-refractivity contribution in [2.45, 2.75) is 361 Å². The molecule has 0 saturated carbocycles. The Morgan fingerprint density at radius 3 is 0.735 bits per heavy atom. The van der Waals surface area contributed by atoms with Crippen LogP contribution in [0.5, 0.6) is 0 Å².